The highest BCUT2D eigenvalue weighted by atomic mass is 35.5. The van der Waals surface area contributed by atoms with E-state index < -0.39 is 31.8 Å². The average Bonchev–Trinajstić information content (AvgIpc) is 2.30. The molecule has 0 saturated carbocycles. The summed E-state index contributed by atoms with van der Waals surface area (Å²) < 4.78 is 37.1. The Morgan fingerprint density at radius 3 is 2.58 bits per heavy atom. The molecule has 0 aromatic heterocycles. The number of alkyl halides is 3. The number of hydrogen-bond donors (Lipinski definition) is 2. The molecule has 0 aliphatic rings. The van der Waals surface area contributed by atoms with Crippen LogP contribution in [0.2, 0.25) is 5.02 Å². The molecule has 0 atom stereocenters. The highest BCUT2D eigenvalue weighted by Gasteiger charge is 2.33. The first-order valence-electron chi connectivity index (χ1n) is 5.27. The number of carbonyl (C=O) groups excluding carboxylic acids is 1. The number of aliphatic hydroxyl groups excluding tert-OH is 1. The lowest BCUT2D eigenvalue weighted by Crippen LogP contribution is -2.40. The summed E-state index contributed by atoms with van der Waals surface area (Å²) in [5, 5.41) is 8.63. The van der Waals surface area contributed by atoms with Gasteiger partial charge in [-0.05, 0) is 12.1 Å². The summed E-state index contributed by atoms with van der Waals surface area (Å²) in [5.41, 5.74) is 5.46. The van der Waals surface area contributed by atoms with Crippen LogP contribution < -0.4 is 5.73 Å². The zero-order chi connectivity index (χ0) is 14.6. The normalized spacial score (nSPS) is 11.4. The van der Waals surface area contributed by atoms with E-state index in [1.54, 1.807) is 0 Å². The molecule has 1 amide bonds. The van der Waals surface area contributed by atoms with Gasteiger partial charge < -0.3 is 15.7 Å². The lowest BCUT2D eigenvalue weighted by Gasteiger charge is -2.23. The maximum atomic E-state index is 12.4. The molecule has 0 heterocycles. The summed E-state index contributed by atoms with van der Waals surface area (Å²) in [7, 11) is 0. The maximum Gasteiger partial charge on any atom is 0.406 e. The highest BCUT2D eigenvalue weighted by molar-refractivity contribution is 6.36. The summed E-state index contributed by atoms with van der Waals surface area (Å²) >= 11 is 5.79. The second-order valence-electron chi connectivity index (χ2n) is 3.77. The zero-order valence-corrected chi connectivity index (χ0v) is 10.5. The molecule has 8 heteroatoms. The Kier molecular flexibility index (Phi) is 5.02. The van der Waals surface area contributed by atoms with Gasteiger partial charge in [-0.25, -0.2) is 0 Å². The van der Waals surface area contributed by atoms with Crippen molar-refractivity contribution in [2.24, 2.45) is 0 Å². The van der Waals surface area contributed by atoms with Crippen LogP contribution in [0.4, 0.5) is 18.9 Å². The number of hydrogen-bond acceptors (Lipinski definition) is 3. The van der Waals surface area contributed by atoms with Crippen molar-refractivity contribution in [3.05, 3.63) is 28.8 Å². The van der Waals surface area contributed by atoms with Crippen LogP contribution in [0.5, 0.6) is 0 Å². The minimum atomic E-state index is -4.56. The molecule has 0 unspecified atom stereocenters. The van der Waals surface area contributed by atoms with E-state index >= 15 is 0 Å². The van der Waals surface area contributed by atoms with Crippen molar-refractivity contribution < 1.29 is 23.1 Å². The van der Waals surface area contributed by atoms with Crippen molar-refractivity contribution >= 4 is 23.2 Å². The van der Waals surface area contributed by atoms with E-state index in [2.05, 4.69) is 0 Å². The molecule has 1 rings (SSSR count). The quantitative estimate of drug-likeness (QED) is 0.834. The van der Waals surface area contributed by atoms with E-state index in [9.17, 15) is 18.0 Å². The number of nitrogens with two attached hydrogens (primary N) is 1. The molecular formula is C11H12ClF3N2O2. The number of anilines is 1. The van der Waals surface area contributed by atoms with Gasteiger partial charge in [-0.2, -0.15) is 13.2 Å². The first kappa shape index (κ1) is 15.6. The Balaban J connectivity index is 3.02. The fourth-order valence-corrected chi connectivity index (χ4v) is 1.68. The van der Waals surface area contributed by atoms with Crippen molar-refractivity contribution in [1.82, 2.24) is 4.90 Å². The summed E-state index contributed by atoms with van der Waals surface area (Å²) in [6, 6.07) is 4.13. The zero-order valence-electron chi connectivity index (χ0n) is 9.75. The van der Waals surface area contributed by atoms with Crippen LogP contribution in [0.1, 0.15) is 10.4 Å². The Hall–Kier alpha value is -1.47. The Morgan fingerprint density at radius 2 is 2.05 bits per heavy atom. The third-order valence-electron chi connectivity index (χ3n) is 2.29. The number of rotatable bonds is 4. The molecule has 106 valence electrons. The summed E-state index contributed by atoms with van der Waals surface area (Å²) in [6.07, 6.45) is -4.56. The third-order valence-corrected chi connectivity index (χ3v) is 2.71. The minimum Gasteiger partial charge on any atom is -0.398 e. The number of aliphatic hydroxyl groups is 1. The van der Waals surface area contributed by atoms with Crippen LogP contribution in [-0.4, -0.2) is 41.8 Å². The number of amides is 1. The van der Waals surface area contributed by atoms with Crippen molar-refractivity contribution in [2.75, 3.05) is 25.4 Å². The molecular weight excluding hydrogens is 285 g/mol. The van der Waals surface area contributed by atoms with Gasteiger partial charge in [-0.3, -0.25) is 4.79 Å². The number of nitrogens with zero attached hydrogens (tertiary/aromatic N) is 1. The largest absolute Gasteiger partial charge is 0.406 e. The predicted octanol–water partition coefficient (Wildman–Crippen LogP) is 1.92. The van der Waals surface area contributed by atoms with Crippen LogP contribution >= 0.6 is 11.6 Å². The molecule has 19 heavy (non-hydrogen) atoms. The second-order valence-corrected chi connectivity index (χ2v) is 4.15. The minimum absolute atomic E-state index is 0.0994. The molecule has 0 radical (unpaired) electrons. The van der Waals surface area contributed by atoms with Crippen molar-refractivity contribution in [2.45, 2.75) is 6.18 Å². The maximum absolute atomic E-state index is 12.4. The third kappa shape index (κ3) is 4.29. The number of carbonyl (C=O) groups is 1. The van der Waals surface area contributed by atoms with Gasteiger partial charge >= 0.3 is 6.18 Å². The summed E-state index contributed by atoms with van der Waals surface area (Å²) in [4.78, 5) is 12.4. The van der Waals surface area contributed by atoms with E-state index in [1.165, 1.54) is 18.2 Å². The van der Waals surface area contributed by atoms with Crippen LogP contribution in [0, 0.1) is 0 Å². The van der Waals surface area contributed by atoms with Crippen molar-refractivity contribution in [3.63, 3.8) is 0 Å². The van der Waals surface area contributed by atoms with Gasteiger partial charge in [0.15, 0.2) is 0 Å². The second kappa shape index (κ2) is 6.12. The van der Waals surface area contributed by atoms with Gasteiger partial charge in [0, 0.05) is 6.54 Å². The summed E-state index contributed by atoms with van der Waals surface area (Å²) in [6.45, 7) is -2.48. The van der Waals surface area contributed by atoms with Gasteiger partial charge in [0.1, 0.15) is 6.54 Å². The number of benzene rings is 1. The highest BCUT2D eigenvalue weighted by Crippen LogP contribution is 2.25. The lowest BCUT2D eigenvalue weighted by molar-refractivity contribution is -0.141. The Morgan fingerprint density at radius 1 is 1.42 bits per heavy atom. The Bertz CT molecular complexity index is 466. The van der Waals surface area contributed by atoms with Crippen molar-refractivity contribution in [3.8, 4) is 0 Å². The molecule has 0 aliphatic heterocycles. The standard InChI is InChI=1S/C11H12ClF3N2O2/c12-9-7(2-1-3-8(9)16)10(19)17(4-5-18)6-11(13,14)15/h1-3,18H,4-6,16H2. The molecule has 0 saturated heterocycles. The van der Waals surface area contributed by atoms with Gasteiger partial charge in [-0.1, -0.05) is 17.7 Å². The van der Waals surface area contributed by atoms with E-state index in [4.69, 9.17) is 22.4 Å². The van der Waals surface area contributed by atoms with E-state index in [0.29, 0.717) is 4.90 Å². The molecule has 1 aromatic carbocycles. The monoisotopic (exact) mass is 296 g/mol. The smallest absolute Gasteiger partial charge is 0.398 e. The van der Waals surface area contributed by atoms with Gasteiger partial charge in [-0.15, -0.1) is 0 Å². The molecule has 1 aromatic rings. The van der Waals surface area contributed by atoms with E-state index in [1.807, 2.05) is 0 Å². The van der Waals surface area contributed by atoms with Crippen LogP contribution in [0.25, 0.3) is 0 Å². The van der Waals surface area contributed by atoms with Crippen LogP contribution in [0.15, 0.2) is 18.2 Å². The fraction of sp³-hybridized carbons (Fsp3) is 0.364. The molecule has 4 nitrogen and oxygen atoms in total. The van der Waals surface area contributed by atoms with E-state index in [0.717, 1.165) is 0 Å². The molecule has 0 bridgehead atoms. The van der Waals surface area contributed by atoms with Crippen LogP contribution in [-0.2, 0) is 0 Å². The van der Waals surface area contributed by atoms with Gasteiger partial charge in [0.2, 0.25) is 0 Å². The summed E-state index contributed by atoms with van der Waals surface area (Å²) in [5.74, 6) is -0.927. The Labute approximate surface area is 112 Å². The first-order valence-corrected chi connectivity index (χ1v) is 5.65. The molecule has 0 spiro atoms. The number of nitrogen functional groups attached to an aromatic ring is 1. The van der Waals surface area contributed by atoms with Crippen LogP contribution in [0.3, 0.4) is 0 Å². The number of halogens is 4. The topological polar surface area (TPSA) is 66.6 Å². The average molecular weight is 297 g/mol. The van der Waals surface area contributed by atoms with E-state index in [-0.39, 0.29) is 16.3 Å². The molecule has 0 fully saturated rings. The predicted molar refractivity (Wildman–Crippen MR) is 64.9 cm³/mol. The van der Waals surface area contributed by atoms with Crippen molar-refractivity contribution in [1.29, 1.82) is 0 Å². The fourth-order valence-electron chi connectivity index (χ4n) is 1.47. The first-order chi connectivity index (χ1) is 8.76. The lowest BCUT2D eigenvalue weighted by atomic mass is 10.1. The molecule has 0 aliphatic carbocycles. The van der Waals surface area contributed by atoms with Gasteiger partial charge in [0.25, 0.3) is 5.91 Å². The molecule has 3 N–H and O–H groups in total. The SMILES string of the molecule is Nc1cccc(C(=O)N(CCO)CC(F)(F)F)c1Cl. The van der Waals surface area contributed by atoms with Gasteiger partial charge in [0.05, 0.1) is 22.9 Å².